The number of hydrogen-bond donors (Lipinski definition) is 8. The Hall–Kier alpha value is -6.38. The summed E-state index contributed by atoms with van der Waals surface area (Å²) in [5.41, 5.74) is 3.14. The van der Waals surface area contributed by atoms with E-state index in [9.17, 15) is 56.8 Å². The zero-order valence-electron chi connectivity index (χ0n) is 38.5. The third kappa shape index (κ3) is 14.7. The quantitative estimate of drug-likeness (QED) is 0.0231. The first kappa shape index (κ1) is 57.5. The number of anilines is 3. The molecule has 0 saturated heterocycles. The van der Waals surface area contributed by atoms with Crippen molar-refractivity contribution in [1.29, 1.82) is 10.5 Å². The SMILES string of the molecule is CNc1nc(C)c(C)c(C)c1C#N.Cc1c(C#N)c(NCCOS(=O)O)nc(NCCS(=O)CCOS(=O)(=O)O)c1N=Nc1ccc(-n2nc3ccc4c(S(=O)(=O)O)cc(S(=O)O)cc4c3n2)cc1S(=O)(=O)O. The van der Waals surface area contributed by atoms with Crippen molar-refractivity contribution in [3.63, 3.8) is 0 Å². The Bertz CT molecular complexity index is 3680. The molecule has 0 spiro atoms. The van der Waals surface area contributed by atoms with E-state index in [2.05, 4.69) is 60.8 Å². The van der Waals surface area contributed by atoms with Crippen LogP contribution in [0.1, 0.15) is 33.5 Å². The highest BCUT2D eigenvalue weighted by atomic mass is 32.3. The molecule has 3 aromatic heterocycles. The van der Waals surface area contributed by atoms with Crippen molar-refractivity contribution >= 4 is 115 Å². The summed E-state index contributed by atoms with van der Waals surface area (Å²) in [5, 5.41) is 44.0. The predicted molar refractivity (Wildman–Crippen MR) is 265 cm³/mol. The van der Waals surface area contributed by atoms with Gasteiger partial charge in [0, 0.05) is 64.5 Å². The minimum absolute atomic E-state index is 0.00891. The molecule has 3 unspecified atom stereocenters. The molecule has 0 aliphatic carbocycles. The lowest BCUT2D eigenvalue weighted by molar-refractivity contribution is 0.284. The van der Waals surface area contributed by atoms with E-state index in [1.54, 1.807) is 7.05 Å². The van der Waals surface area contributed by atoms with Crippen molar-refractivity contribution in [3.05, 3.63) is 76.0 Å². The Labute approximate surface area is 423 Å². The third-order valence-corrected chi connectivity index (χ3v) is 14.8. The summed E-state index contributed by atoms with van der Waals surface area (Å²) < 4.78 is 162. The van der Waals surface area contributed by atoms with E-state index >= 15 is 0 Å². The zero-order chi connectivity index (χ0) is 54.2. The van der Waals surface area contributed by atoms with Gasteiger partial charge < -0.3 is 20.5 Å². The molecule has 8 N–H and O–H groups in total. The molecule has 34 heteroatoms. The summed E-state index contributed by atoms with van der Waals surface area (Å²) in [6, 6.07) is 12.0. The van der Waals surface area contributed by atoms with Crippen LogP contribution >= 0.6 is 0 Å². The maximum absolute atomic E-state index is 12.7. The van der Waals surface area contributed by atoms with Gasteiger partial charge in [-0.15, -0.1) is 20.4 Å². The van der Waals surface area contributed by atoms with Gasteiger partial charge in [-0.3, -0.25) is 26.6 Å². The van der Waals surface area contributed by atoms with Crippen LogP contribution in [-0.2, 0) is 72.2 Å². The first-order valence-corrected chi connectivity index (χ1v) is 28.2. The Morgan fingerprint density at radius 3 is 1.99 bits per heavy atom. The smallest absolute Gasteiger partial charge is 0.372 e. The van der Waals surface area contributed by atoms with E-state index in [1.165, 1.54) is 25.1 Å². The van der Waals surface area contributed by atoms with Gasteiger partial charge in [0.2, 0.25) is 0 Å². The fraction of sp³-hybridized carbons (Fsp3) is 0.282. The highest BCUT2D eigenvalue weighted by Crippen LogP contribution is 2.37. The molecule has 0 saturated carbocycles. The van der Waals surface area contributed by atoms with E-state index in [4.69, 9.17) is 14.4 Å². The topological polar surface area (TPSA) is 438 Å². The Balaban J connectivity index is 0.000000660. The Morgan fingerprint density at radius 1 is 0.726 bits per heavy atom. The number of rotatable bonds is 20. The molecule has 0 bridgehead atoms. The first-order valence-electron chi connectivity index (χ1n) is 20.3. The normalized spacial score (nSPS) is 13.2. The molecular weight excluding hydrogens is 1080 g/mol. The van der Waals surface area contributed by atoms with Gasteiger partial charge in [0.05, 0.1) is 34.9 Å². The number of pyridine rings is 2. The number of fused-ring (bicyclic) bond motifs is 3. The van der Waals surface area contributed by atoms with Gasteiger partial charge in [0.25, 0.3) is 20.2 Å². The zero-order valence-corrected chi connectivity index (χ0v) is 43.4. The molecule has 3 aromatic carbocycles. The second kappa shape index (κ2) is 24.1. The molecule has 0 amide bonds. The number of aromatic nitrogens is 5. The summed E-state index contributed by atoms with van der Waals surface area (Å²) in [7, 11) is -14.7. The van der Waals surface area contributed by atoms with Crippen molar-refractivity contribution in [2.75, 3.05) is 60.8 Å². The van der Waals surface area contributed by atoms with Crippen LogP contribution in [0.25, 0.3) is 27.5 Å². The average molecular weight is 1130 g/mol. The van der Waals surface area contributed by atoms with Gasteiger partial charge >= 0.3 is 21.8 Å². The lowest BCUT2D eigenvalue weighted by atomic mass is 10.0. The second-order valence-electron chi connectivity index (χ2n) is 14.8. The summed E-state index contributed by atoms with van der Waals surface area (Å²) in [6.07, 6.45) is 0. The largest absolute Gasteiger partial charge is 0.397 e. The van der Waals surface area contributed by atoms with Crippen molar-refractivity contribution in [2.24, 2.45) is 10.2 Å². The van der Waals surface area contributed by atoms with Crippen LogP contribution in [-0.4, -0.2) is 130 Å². The Morgan fingerprint density at radius 2 is 1.38 bits per heavy atom. The van der Waals surface area contributed by atoms with Crippen molar-refractivity contribution < 1.29 is 69.0 Å². The Kier molecular flexibility index (Phi) is 19.0. The molecule has 6 aromatic rings. The van der Waals surface area contributed by atoms with Gasteiger partial charge in [0.15, 0.2) is 16.9 Å². The van der Waals surface area contributed by atoms with Gasteiger partial charge in [-0.05, 0) is 75.2 Å². The molecule has 390 valence electrons. The van der Waals surface area contributed by atoms with Gasteiger partial charge in [-0.25, -0.2) is 18.4 Å². The summed E-state index contributed by atoms with van der Waals surface area (Å²) in [6.45, 7) is 6.21. The van der Waals surface area contributed by atoms with Crippen LogP contribution in [0.3, 0.4) is 0 Å². The summed E-state index contributed by atoms with van der Waals surface area (Å²) >= 11 is -5.26. The molecular formula is C39H42N12O16S6. The fourth-order valence-corrected chi connectivity index (χ4v) is 9.88. The van der Waals surface area contributed by atoms with E-state index in [0.717, 1.165) is 45.9 Å². The van der Waals surface area contributed by atoms with Crippen LogP contribution in [0.5, 0.6) is 0 Å². The maximum Gasteiger partial charge on any atom is 0.397 e. The van der Waals surface area contributed by atoms with E-state index < -0.39 is 86.0 Å². The lowest BCUT2D eigenvalue weighted by Gasteiger charge is -2.15. The van der Waals surface area contributed by atoms with E-state index in [-0.39, 0.29) is 92.0 Å². The minimum Gasteiger partial charge on any atom is -0.372 e. The number of hydrogen-bond acceptors (Lipinski definition) is 22. The molecule has 3 heterocycles. The molecule has 0 radical (unpaired) electrons. The number of azo groups is 1. The number of nitrogens with zero attached hydrogens (tertiary/aromatic N) is 9. The molecule has 0 aliphatic heterocycles. The first-order chi connectivity index (χ1) is 34.2. The van der Waals surface area contributed by atoms with Gasteiger partial charge in [-0.2, -0.15) is 44.8 Å². The standard InChI is InChI=1S/C29H29N9O16S6.C10H13N3/c1-16-21(15-30)28(31-6-8-53-57(42)43)33-29(32-7-10-55(39)11-9-54-60(50,51)52)26(16)35-34-22-4-2-17(12-25(22)59(47,48)49)38-36-23-5-3-19-20(27(23)37-38)13-18(56(40)41)14-24(19)58(44,45)46;1-6-7(2)9(5-11)10(12-4)13-8(6)3/h2-5,12-14H,6-11H2,1H3,(H,40,41)(H,42,43)(H2,31,32,33)(H,44,45,46)(H,47,48,49)(H,50,51,52);1-4H3,(H,12,13). The van der Waals surface area contributed by atoms with Crippen LogP contribution in [0.15, 0.2) is 67.4 Å². The monoisotopic (exact) mass is 1130 g/mol. The molecule has 28 nitrogen and oxygen atoms in total. The van der Waals surface area contributed by atoms with E-state index in [1.807, 2.05) is 26.8 Å². The predicted octanol–water partition coefficient (Wildman–Crippen LogP) is 4.10. The average Bonchev–Trinajstić information content (AvgIpc) is 3.76. The van der Waals surface area contributed by atoms with Gasteiger partial charge in [-0.1, -0.05) is 6.07 Å². The molecule has 3 atom stereocenters. The summed E-state index contributed by atoms with van der Waals surface area (Å²) in [4.78, 5) is 7.65. The van der Waals surface area contributed by atoms with Gasteiger partial charge in [0.1, 0.15) is 56.0 Å². The number of nitrogens with one attached hydrogen (secondary N) is 3. The van der Waals surface area contributed by atoms with Crippen molar-refractivity contribution in [1.82, 2.24) is 25.0 Å². The third-order valence-electron chi connectivity index (χ3n) is 10.2. The maximum atomic E-state index is 12.7. The van der Waals surface area contributed by atoms with Crippen LogP contribution in [0.2, 0.25) is 0 Å². The minimum atomic E-state index is -5.09. The van der Waals surface area contributed by atoms with Crippen molar-refractivity contribution in [2.45, 2.75) is 42.4 Å². The van der Waals surface area contributed by atoms with E-state index in [0.29, 0.717) is 11.4 Å². The number of benzene rings is 3. The molecule has 6 rings (SSSR count). The number of nitriles is 2. The second-order valence-corrected chi connectivity index (χ2v) is 22.0. The van der Waals surface area contributed by atoms with Crippen LogP contribution < -0.4 is 16.0 Å². The fourth-order valence-electron chi connectivity index (χ4n) is 6.57. The summed E-state index contributed by atoms with van der Waals surface area (Å²) in [5.74, 6) is 0.0873. The molecule has 73 heavy (non-hydrogen) atoms. The van der Waals surface area contributed by atoms with Crippen molar-refractivity contribution in [3.8, 4) is 17.8 Å². The highest BCUT2D eigenvalue weighted by molar-refractivity contribution is 7.86. The highest BCUT2D eigenvalue weighted by Gasteiger charge is 2.24. The molecule has 0 aliphatic rings. The van der Waals surface area contributed by atoms with Crippen LogP contribution in [0.4, 0.5) is 28.8 Å². The molecule has 0 fully saturated rings. The van der Waals surface area contributed by atoms with Crippen LogP contribution in [0, 0.1) is 50.4 Å². The lowest BCUT2D eigenvalue weighted by Crippen LogP contribution is -2.18. The number of aryl methyl sites for hydroxylation is 1.